The fraction of sp³-hybridized carbons (Fsp3) is 0.312. The molecule has 1 fully saturated rings. The van der Waals surface area contributed by atoms with Crippen molar-refractivity contribution in [3.8, 4) is 0 Å². The van der Waals surface area contributed by atoms with Gasteiger partial charge in [0.25, 0.3) is 5.91 Å². The summed E-state index contributed by atoms with van der Waals surface area (Å²) in [5.41, 5.74) is 2.69. The molecule has 1 aliphatic rings. The molecule has 0 spiro atoms. The van der Waals surface area contributed by atoms with Crippen LogP contribution in [0.25, 0.3) is 0 Å². The minimum atomic E-state index is -0.415. The first kappa shape index (κ1) is 15.6. The molecule has 1 aliphatic heterocycles. The Balaban J connectivity index is 1.59. The molecule has 6 nitrogen and oxygen atoms in total. The van der Waals surface area contributed by atoms with Gasteiger partial charge in [0.15, 0.2) is 5.88 Å². The number of furan rings is 1. The summed E-state index contributed by atoms with van der Waals surface area (Å²) in [6, 6.07) is 6.98. The Morgan fingerprint density at radius 3 is 2.91 bits per heavy atom. The maximum Gasteiger partial charge on any atom is 0.274 e. The number of pyridine rings is 1. The lowest BCUT2D eigenvalue weighted by molar-refractivity contribution is 0.0955. The largest absolute Gasteiger partial charge is 0.440 e. The van der Waals surface area contributed by atoms with Crippen LogP contribution in [0.5, 0.6) is 0 Å². The predicted molar refractivity (Wildman–Crippen MR) is 89.1 cm³/mol. The van der Waals surface area contributed by atoms with Crippen molar-refractivity contribution in [1.82, 2.24) is 10.4 Å². The summed E-state index contributed by atoms with van der Waals surface area (Å²) in [7, 11) is 0. The van der Waals surface area contributed by atoms with Crippen molar-refractivity contribution < 1.29 is 9.21 Å². The molecule has 1 saturated heterocycles. The zero-order valence-corrected chi connectivity index (χ0v) is 13.3. The molecule has 0 aromatic carbocycles. The lowest BCUT2D eigenvalue weighted by atomic mass is 10.1. The van der Waals surface area contributed by atoms with Crippen molar-refractivity contribution in [2.24, 2.45) is 5.10 Å². The lowest BCUT2D eigenvalue weighted by Gasteiger charge is -2.25. The first-order chi connectivity index (χ1) is 11.2. The van der Waals surface area contributed by atoms with E-state index in [1.165, 1.54) is 31.7 Å². The first-order valence-corrected chi connectivity index (χ1v) is 7.90. The van der Waals surface area contributed by atoms with Gasteiger partial charge < -0.3 is 9.32 Å². The summed E-state index contributed by atoms with van der Waals surface area (Å²) in [4.78, 5) is 18.0. The minimum absolute atomic E-state index is 0.144. The number of aromatic nitrogens is 1. The molecule has 7 heteroatoms. The average Bonchev–Trinajstić information content (AvgIpc) is 3.05. The van der Waals surface area contributed by atoms with E-state index in [0.717, 1.165) is 19.0 Å². The molecule has 0 radical (unpaired) electrons. The van der Waals surface area contributed by atoms with E-state index in [1.807, 2.05) is 12.1 Å². The summed E-state index contributed by atoms with van der Waals surface area (Å²) < 4.78 is 5.72. The molecule has 0 aliphatic carbocycles. The van der Waals surface area contributed by atoms with Crippen LogP contribution in [-0.4, -0.2) is 30.2 Å². The number of hydrogen-bond acceptors (Lipinski definition) is 5. The highest BCUT2D eigenvalue weighted by atomic mass is 35.5. The van der Waals surface area contributed by atoms with Gasteiger partial charge in [-0.3, -0.25) is 4.79 Å². The van der Waals surface area contributed by atoms with Crippen molar-refractivity contribution in [1.29, 1.82) is 0 Å². The van der Waals surface area contributed by atoms with Crippen molar-refractivity contribution in [2.75, 3.05) is 18.0 Å². The summed E-state index contributed by atoms with van der Waals surface area (Å²) in [6.45, 7) is 2.03. The van der Waals surface area contributed by atoms with E-state index in [-0.39, 0.29) is 10.7 Å². The molecule has 0 saturated carbocycles. The summed E-state index contributed by atoms with van der Waals surface area (Å²) in [5.74, 6) is 1.01. The Morgan fingerprint density at radius 1 is 1.30 bits per heavy atom. The number of rotatable bonds is 4. The van der Waals surface area contributed by atoms with E-state index in [0.29, 0.717) is 5.76 Å². The SMILES string of the molecule is O=C(NN=Cc1ccc(N2CCCCC2)o1)c1cccnc1Cl. The van der Waals surface area contributed by atoms with Gasteiger partial charge in [-0.2, -0.15) is 5.10 Å². The molecule has 120 valence electrons. The maximum absolute atomic E-state index is 11.9. The topological polar surface area (TPSA) is 70.7 Å². The van der Waals surface area contributed by atoms with Crippen LogP contribution in [0.1, 0.15) is 35.4 Å². The molecule has 3 heterocycles. The van der Waals surface area contributed by atoms with Crippen LogP contribution >= 0.6 is 11.6 Å². The highest BCUT2D eigenvalue weighted by Crippen LogP contribution is 2.21. The number of amides is 1. The van der Waals surface area contributed by atoms with E-state index < -0.39 is 5.91 Å². The molecule has 23 heavy (non-hydrogen) atoms. The number of nitrogens with one attached hydrogen (secondary N) is 1. The Hall–Kier alpha value is -2.34. The van der Waals surface area contributed by atoms with Crippen molar-refractivity contribution >= 4 is 29.6 Å². The fourth-order valence-electron chi connectivity index (χ4n) is 2.47. The highest BCUT2D eigenvalue weighted by molar-refractivity contribution is 6.32. The Bertz CT molecular complexity index is 708. The van der Waals surface area contributed by atoms with E-state index in [1.54, 1.807) is 12.1 Å². The van der Waals surface area contributed by atoms with E-state index in [4.69, 9.17) is 16.0 Å². The van der Waals surface area contributed by atoms with E-state index in [9.17, 15) is 4.79 Å². The van der Waals surface area contributed by atoms with Crippen LogP contribution in [0, 0.1) is 0 Å². The second-order valence-corrected chi connectivity index (χ2v) is 5.62. The van der Waals surface area contributed by atoms with Gasteiger partial charge in [0, 0.05) is 25.4 Å². The van der Waals surface area contributed by atoms with Crippen LogP contribution in [0.15, 0.2) is 40.0 Å². The molecule has 1 N–H and O–H groups in total. The molecule has 2 aromatic rings. The normalized spacial score (nSPS) is 15.1. The van der Waals surface area contributed by atoms with Gasteiger partial charge in [0.05, 0.1) is 11.8 Å². The number of carbonyl (C=O) groups is 1. The molecule has 2 aromatic heterocycles. The third-order valence-electron chi connectivity index (χ3n) is 3.64. The fourth-order valence-corrected chi connectivity index (χ4v) is 2.67. The first-order valence-electron chi connectivity index (χ1n) is 7.53. The minimum Gasteiger partial charge on any atom is -0.440 e. The molecule has 0 bridgehead atoms. The van der Waals surface area contributed by atoms with Crippen LogP contribution in [0.3, 0.4) is 0 Å². The Morgan fingerprint density at radius 2 is 2.13 bits per heavy atom. The smallest absolute Gasteiger partial charge is 0.274 e. The van der Waals surface area contributed by atoms with E-state index in [2.05, 4.69) is 20.4 Å². The summed E-state index contributed by atoms with van der Waals surface area (Å²) in [6.07, 6.45) is 6.63. The monoisotopic (exact) mass is 332 g/mol. The number of hydrogen-bond donors (Lipinski definition) is 1. The third kappa shape index (κ3) is 3.90. The Labute approximate surface area is 139 Å². The number of carbonyl (C=O) groups excluding carboxylic acids is 1. The molecular formula is C16H17ClN4O2. The molecule has 0 unspecified atom stereocenters. The quantitative estimate of drug-likeness (QED) is 0.530. The molecule has 1 amide bonds. The molecular weight excluding hydrogens is 316 g/mol. The second-order valence-electron chi connectivity index (χ2n) is 5.26. The van der Waals surface area contributed by atoms with Crippen LogP contribution in [0.2, 0.25) is 5.15 Å². The number of anilines is 1. The number of hydrazone groups is 1. The van der Waals surface area contributed by atoms with Gasteiger partial charge in [-0.1, -0.05) is 11.6 Å². The van der Waals surface area contributed by atoms with Crippen molar-refractivity contribution in [2.45, 2.75) is 19.3 Å². The van der Waals surface area contributed by atoms with E-state index >= 15 is 0 Å². The van der Waals surface area contributed by atoms with Crippen molar-refractivity contribution in [3.05, 3.63) is 46.9 Å². The third-order valence-corrected chi connectivity index (χ3v) is 3.94. The molecule has 3 rings (SSSR count). The van der Waals surface area contributed by atoms with Gasteiger partial charge in [0.1, 0.15) is 10.9 Å². The zero-order chi connectivity index (χ0) is 16.1. The van der Waals surface area contributed by atoms with Crippen LogP contribution in [-0.2, 0) is 0 Å². The summed E-state index contributed by atoms with van der Waals surface area (Å²) in [5, 5.41) is 4.04. The van der Waals surface area contributed by atoms with Gasteiger partial charge in [-0.25, -0.2) is 10.4 Å². The second kappa shape index (κ2) is 7.28. The van der Waals surface area contributed by atoms with Gasteiger partial charge >= 0.3 is 0 Å². The van der Waals surface area contributed by atoms with Crippen molar-refractivity contribution in [3.63, 3.8) is 0 Å². The number of halogens is 1. The maximum atomic E-state index is 11.9. The van der Waals surface area contributed by atoms with Gasteiger partial charge in [-0.15, -0.1) is 0 Å². The Kier molecular flexibility index (Phi) is 4.92. The highest BCUT2D eigenvalue weighted by Gasteiger charge is 2.14. The standard InChI is InChI=1S/C16H17ClN4O2/c17-15-13(5-4-8-18-15)16(22)20-19-11-12-6-7-14(23-12)21-9-2-1-3-10-21/h4-8,11H,1-3,9-10H2,(H,20,22). The summed E-state index contributed by atoms with van der Waals surface area (Å²) >= 11 is 5.86. The lowest BCUT2D eigenvalue weighted by Crippen LogP contribution is -2.28. The zero-order valence-electron chi connectivity index (χ0n) is 12.5. The van der Waals surface area contributed by atoms with Gasteiger partial charge in [0.2, 0.25) is 0 Å². The average molecular weight is 333 g/mol. The van der Waals surface area contributed by atoms with Gasteiger partial charge in [-0.05, 0) is 37.5 Å². The number of nitrogens with zero attached hydrogens (tertiary/aromatic N) is 3. The number of piperidine rings is 1. The predicted octanol–water partition coefficient (Wildman–Crippen LogP) is 3.08. The van der Waals surface area contributed by atoms with Crippen LogP contribution < -0.4 is 10.3 Å². The van der Waals surface area contributed by atoms with Crippen LogP contribution in [0.4, 0.5) is 5.88 Å². The molecule has 0 atom stereocenters.